The summed E-state index contributed by atoms with van der Waals surface area (Å²) in [6.45, 7) is 3.35. The van der Waals surface area contributed by atoms with E-state index in [-0.39, 0.29) is 0 Å². The summed E-state index contributed by atoms with van der Waals surface area (Å²) in [6, 6.07) is 11.0. The SMILES string of the molecule is CC[S+](CCCCCC1CCCO1)Cc1ccccc1. The summed E-state index contributed by atoms with van der Waals surface area (Å²) in [7, 11) is 0.581. The summed E-state index contributed by atoms with van der Waals surface area (Å²) in [5.41, 5.74) is 1.51. The van der Waals surface area contributed by atoms with Crippen LogP contribution in [0.2, 0.25) is 0 Å². The Bertz CT molecular complexity index is 346. The number of ether oxygens (including phenoxy) is 1. The maximum absolute atomic E-state index is 5.68. The monoisotopic (exact) mass is 293 g/mol. The fourth-order valence-corrected chi connectivity index (χ4v) is 4.77. The highest BCUT2D eigenvalue weighted by atomic mass is 32.2. The van der Waals surface area contributed by atoms with Crippen molar-refractivity contribution >= 4 is 10.9 Å². The molecule has 1 saturated heterocycles. The standard InChI is InChI=1S/C18H29OS/c1-2-20(16-17-10-5-3-6-11-17)15-8-4-7-12-18-13-9-14-19-18/h3,5-6,10-11,18H,2,4,7-9,12-16H2,1H3/q+1. The Kier molecular flexibility index (Phi) is 7.53. The Morgan fingerprint density at radius 1 is 1.15 bits per heavy atom. The van der Waals surface area contributed by atoms with Gasteiger partial charge >= 0.3 is 0 Å². The highest BCUT2D eigenvalue weighted by Crippen LogP contribution is 2.19. The number of hydrogen-bond acceptors (Lipinski definition) is 1. The molecular formula is C18H29OS+. The van der Waals surface area contributed by atoms with Crippen molar-refractivity contribution in [3.8, 4) is 0 Å². The molecule has 0 radical (unpaired) electrons. The van der Waals surface area contributed by atoms with Gasteiger partial charge in [0.2, 0.25) is 0 Å². The van der Waals surface area contributed by atoms with Crippen LogP contribution in [0.25, 0.3) is 0 Å². The Morgan fingerprint density at radius 2 is 2.00 bits per heavy atom. The first kappa shape index (κ1) is 15.9. The number of hydrogen-bond donors (Lipinski definition) is 0. The summed E-state index contributed by atoms with van der Waals surface area (Å²) < 4.78 is 5.68. The Labute approximate surface area is 127 Å². The molecule has 0 saturated carbocycles. The second-order valence-corrected chi connectivity index (χ2v) is 8.22. The van der Waals surface area contributed by atoms with Gasteiger partial charge < -0.3 is 4.74 Å². The predicted molar refractivity (Wildman–Crippen MR) is 90.4 cm³/mol. The lowest BCUT2D eigenvalue weighted by Crippen LogP contribution is -2.13. The number of rotatable bonds is 9. The highest BCUT2D eigenvalue weighted by molar-refractivity contribution is 7.96. The van der Waals surface area contributed by atoms with Crippen molar-refractivity contribution < 1.29 is 4.74 Å². The van der Waals surface area contributed by atoms with Crippen molar-refractivity contribution in [2.75, 3.05) is 18.1 Å². The molecule has 2 unspecified atom stereocenters. The molecule has 1 aromatic carbocycles. The van der Waals surface area contributed by atoms with E-state index in [9.17, 15) is 0 Å². The lowest BCUT2D eigenvalue weighted by Gasteiger charge is -2.09. The van der Waals surface area contributed by atoms with Crippen molar-refractivity contribution in [2.45, 2.75) is 57.3 Å². The van der Waals surface area contributed by atoms with Crippen LogP contribution in [0.4, 0.5) is 0 Å². The van der Waals surface area contributed by atoms with Gasteiger partial charge in [-0.3, -0.25) is 0 Å². The highest BCUT2D eigenvalue weighted by Gasteiger charge is 2.17. The van der Waals surface area contributed by atoms with E-state index in [0.717, 1.165) is 6.61 Å². The molecule has 2 rings (SSSR count). The van der Waals surface area contributed by atoms with E-state index < -0.39 is 0 Å². The smallest absolute Gasteiger partial charge is 0.133 e. The van der Waals surface area contributed by atoms with Gasteiger partial charge in [-0.25, -0.2) is 0 Å². The fourth-order valence-electron chi connectivity index (χ4n) is 2.86. The Balaban J connectivity index is 1.56. The van der Waals surface area contributed by atoms with Gasteiger partial charge in [0.15, 0.2) is 0 Å². The average Bonchev–Trinajstić information content (AvgIpc) is 3.00. The Morgan fingerprint density at radius 3 is 2.70 bits per heavy atom. The van der Waals surface area contributed by atoms with E-state index in [1.54, 1.807) is 0 Å². The molecule has 20 heavy (non-hydrogen) atoms. The van der Waals surface area contributed by atoms with Crippen LogP contribution in [0, 0.1) is 0 Å². The average molecular weight is 293 g/mol. The third-order valence-corrected chi connectivity index (χ3v) is 6.53. The van der Waals surface area contributed by atoms with E-state index in [1.165, 1.54) is 61.3 Å². The largest absolute Gasteiger partial charge is 0.378 e. The zero-order chi connectivity index (χ0) is 14.0. The van der Waals surface area contributed by atoms with Crippen LogP contribution in [-0.2, 0) is 21.4 Å². The molecule has 112 valence electrons. The zero-order valence-electron chi connectivity index (χ0n) is 12.9. The van der Waals surface area contributed by atoms with Gasteiger partial charge in [-0.2, -0.15) is 0 Å². The minimum absolute atomic E-state index is 0.581. The Hall–Kier alpha value is -0.470. The molecule has 0 aromatic heterocycles. The topological polar surface area (TPSA) is 9.23 Å². The van der Waals surface area contributed by atoms with Crippen molar-refractivity contribution in [3.05, 3.63) is 35.9 Å². The normalized spacial score (nSPS) is 20.1. The van der Waals surface area contributed by atoms with Gasteiger partial charge in [-0.1, -0.05) is 36.8 Å². The third-order valence-electron chi connectivity index (χ3n) is 4.10. The van der Waals surface area contributed by atoms with Gasteiger partial charge in [0.25, 0.3) is 0 Å². The molecule has 1 heterocycles. The van der Waals surface area contributed by atoms with Crippen LogP contribution < -0.4 is 0 Å². The second-order valence-electron chi connectivity index (χ2n) is 5.72. The van der Waals surface area contributed by atoms with Crippen LogP contribution in [0.15, 0.2) is 30.3 Å². The number of benzene rings is 1. The van der Waals surface area contributed by atoms with E-state index in [4.69, 9.17) is 4.74 Å². The maximum atomic E-state index is 5.68. The molecule has 1 aromatic rings. The van der Waals surface area contributed by atoms with E-state index in [0.29, 0.717) is 17.0 Å². The predicted octanol–water partition coefficient (Wildman–Crippen LogP) is 4.56. The second kappa shape index (κ2) is 9.46. The zero-order valence-corrected chi connectivity index (χ0v) is 13.7. The first-order valence-electron chi connectivity index (χ1n) is 8.18. The third kappa shape index (κ3) is 5.88. The van der Waals surface area contributed by atoms with Gasteiger partial charge in [-0.15, -0.1) is 0 Å². The van der Waals surface area contributed by atoms with Gasteiger partial charge in [0, 0.05) is 12.2 Å². The first-order valence-corrected chi connectivity index (χ1v) is 9.91. The van der Waals surface area contributed by atoms with Crippen molar-refractivity contribution in [3.63, 3.8) is 0 Å². The molecule has 0 spiro atoms. The molecule has 2 atom stereocenters. The van der Waals surface area contributed by atoms with Crippen LogP contribution >= 0.6 is 0 Å². The van der Waals surface area contributed by atoms with Gasteiger partial charge in [0.05, 0.1) is 6.10 Å². The van der Waals surface area contributed by atoms with Crippen molar-refractivity contribution in [1.82, 2.24) is 0 Å². The fraction of sp³-hybridized carbons (Fsp3) is 0.667. The molecule has 0 bridgehead atoms. The lowest BCUT2D eigenvalue weighted by atomic mass is 10.1. The molecule has 2 heteroatoms. The minimum Gasteiger partial charge on any atom is -0.378 e. The molecule has 0 N–H and O–H groups in total. The maximum Gasteiger partial charge on any atom is 0.133 e. The lowest BCUT2D eigenvalue weighted by molar-refractivity contribution is 0.102. The van der Waals surface area contributed by atoms with Crippen LogP contribution in [-0.4, -0.2) is 24.2 Å². The van der Waals surface area contributed by atoms with Crippen LogP contribution in [0.5, 0.6) is 0 Å². The quantitative estimate of drug-likeness (QED) is 0.479. The molecule has 1 aliphatic heterocycles. The summed E-state index contributed by atoms with van der Waals surface area (Å²) in [5.74, 6) is 4.03. The van der Waals surface area contributed by atoms with E-state index in [2.05, 4.69) is 37.3 Å². The molecular weight excluding hydrogens is 264 g/mol. The molecule has 1 aliphatic rings. The van der Waals surface area contributed by atoms with Crippen molar-refractivity contribution in [2.24, 2.45) is 0 Å². The van der Waals surface area contributed by atoms with Gasteiger partial charge in [0.1, 0.15) is 17.3 Å². The van der Waals surface area contributed by atoms with E-state index >= 15 is 0 Å². The molecule has 1 nitrogen and oxygen atoms in total. The minimum atomic E-state index is 0.581. The summed E-state index contributed by atoms with van der Waals surface area (Å²) in [4.78, 5) is 0. The van der Waals surface area contributed by atoms with E-state index in [1.807, 2.05) is 0 Å². The molecule has 1 fully saturated rings. The summed E-state index contributed by atoms with van der Waals surface area (Å²) in [6.07, 6.45) is 8.60. The first-order chi connectivity index (χ1) is 9.88. The van der Waals surface area contributed by atoms with Crippen molar-refractivity contribution in [1.29, 1.82) is 0 Å². The molecule has 0 amide bonds. The van der Waals surface area contributed by atoms with Crippen LogP contribution in [0.3, 0.4) is 0 Å². The summed E-state index contributed by atoms with van der Waals surface area (Å²) >= 11 is 0. The van der Waals surface area contributed by atoms with Gasteiger partial charge in [-0.05, 0) is 49.9 Å². The molecule has 0 aliphatic carbocycles. The summed E-state index contributed by atoms with van der Waals surface area (Å²) in [5, 5.41) is 0. The van der Waals surface area contributed by atoms with Crippen LogP contribution in [0.1, 0.15) is 51.0 Å². The number of unbranched alkanes of at least 4 members (excludes halogenated alkanes) is 2.